The summed E-state index contributed by atoms with van der Waals surface area (Å²) in [6.07, 6.45) is -0.582. The summed E-state index contributed by atoms with van der Waals surface area (Å²) < 4.78 is 33.5. The molecule has 14 heteroatoms. The van der Waals surface area contributed by atoms with Gasteiger partial charge < -0.3 is 38.2 Å². The van der Waals surface area contributed by atoms with E-state index in [2.05, 4.69) is 9.80 Å². The second-order valence-corrected chi connectivity index (χ2v) is 17.2. The fourth-order valence-corrected chi connectivity index (χ4v) is 8.01. The highest BCUT2D eigenvalue weighted by Gasteiger charge is 2.39. The van der Waals surface area contributed by atoms with Gasteiger partial charge in [-0.2, -0.15) is 0 Å². The number of cyclic esters (lactones) is 2. The van der Waals surface area contributed by atoms with Gasteiger partial charge in [0.15, 0.2) is 0 Å². The minimum atomic E-state index is -0.488. The maximum Gasteiger partial charge on any atom is 0.410 e. The number of esters is 2. The number of nitrogens with zero attached hydrogens (tertiary/aromatic N) is 4. The van der Waals surface area contributed by atoms with Crippen molar-refractivity contribution in [1.29, 1.82) is 0 Å². The van der Waals surface area contributed by atoms with Gasteiger partial charge in [-0.15, -0.1) is 0 Å². The van der Waals surface area contributed by atoms with Crippen molar-refractivity contribution in [3.8, 4) is 0 Å². The Bertz CT molecular complexity index is 1820. The summed E-state index contributed by atoms with van der Waals surface area (Å²) in [5.41, 5.74) is 5.52. The van der Waals surface area contributed by atoms with E-state index in [1.54, 1.807) is 9.80 Å². The van der Waals surface area contributed by atoms with Crippen molar-refractivity contribution in [2.75, 3.05) is 65.6 Å². The lowest BCUT2D eigenvalue weighted by Crippen LogP contribution is -2.60. The molecule has 2 amide bonds. The predicted molar refractivity (Wildman–Crippen MR) is 200 cm³/mol. The van der Waals surface area contributed by atoms with Crippen LogP contribution in [0.1, 0.15) is 102 Å². The molecule has 6 heterocycles. The highest BCUT2D eigenvalue weighted by molar-refractivity contribution is 5.94. The number of morpholine rings is 2. The standard InChI is InChI=1S/C21H28N2O5.C20H26N2O5/c1-13-15(5-6-16-17(13)12-27-19(16)24)18-10-22-7-8-23(9-14(22)11-26-18)20(25)28-21(2,3)4;1-20(2,3)27-19(24)22-7-6-21-10-17(25-12-15(21)9-22)13-4-5-16-14(8-13)11-26-18(16)23/h5-6,14,18H,7-12H2,1-4H3;4-5,8,15,17H,6-7,9-12H2,1-3H3/t14-,18-;15-,17+/m11/s1. The number of amides is 2. The Hall–Kier alpha value is -4.24. The van der Waals surface area contributed by atoms with Crippen LogP contribution in [0.25, 0.3) is 0 Å². The predicted octanol–water partition coefficient (Wildman–Crippen LogP) is 5.01. The number of hydrogen-bond acceptors (Lipinski definition) is 12. The largest absolute Gasteiger partial charge is 0.457 e. The van der Waals surface area contributed by atoms with E-state index in [1.807, 2.05) is 78.8 Å². The number of hydrogen-bond donors (Lipinski definition) is 0. The van der Waals surface area contributed by atoms with Gasteiger partial charge in [0.2, 0.25) is 0 Å². The molecule has 4 fully saturated rings. The van der Waals surface area contributed by atoms with Gasteiger partial charge in [-0.05, 0) is 83.4 Å². The first-order valence-electron chi connectivity index (χ1n) is 19.3. The van der Waals surface area contributed by atoms with Crippen molar-refractivity contribution in [2.45, 2.75) is 97.2 Å². The Morgan fingerprint density at radius 2 is 1.20 bits per heavy atom. The van der Waals surface area contributed by atoms with Crippen LogP contribution < -0.4 is 0 Å². The first-order valence-corrected chi connectivity index (χ1v) is 19.3. The van der Waals surface area contributed by atoms with Crippen LogP contribution in [-0.4, -0.2) is 133 Å². The Morgan fingerprint density at radius 3 is 1.80 bits per heavy atom. The molecule has 55 heavy (non-hydrogen) atoms. The number of fused-ring (bicyclic) bond motifs is 4. The number of piperazine rings is 2. The Kier molecular flexibility index (Phi) is 10.9. The zero-order valence-electron chi connectivity index (χ0n) is 33.1. The maximum atomic E-state index is 12.4. The average Bonchev–Trinajstić information content (AvgIpc) is 3.71. The molecule has 298 valence electrons. The molecule has 6 aliphatic rings. The Morgan fingerprint density at radius 1 is 0.673 bits per heavy atom. The third-order valence-corrected chi connectivity index (χ3v) is 10.9. The summed E-state index contributed by atoms with van der Waals surface area (Å²) >= 11 is 0. The topological polar surface area (TPSA) is 137 Å². The zero-order valence-corrected chi connectivity index (χ0v) is 33.1. The van der Waals surface area contributed by atoms with E-state index < -0.39 is 11.2 Å². The number of benzene rings is 2. The zero-order chi connectivity index (χ0) is 39.2. The van der Waals surface area contributed by atoms with E-state index in [1.165, 1.54) is 0 Å². The van der Waals surface area contributed by atoms with Gasteiger partial charge in [-0.25, -0.2) is 19.2 Å². The molecule has 0 radical (unpaired) electrons. The van der Waals surface area contributed by atoms with Gasteiger partial charge in [0.1, 0.15) is 24.4 Å². The molecule has 0 unspecified atom stereocenters. The van der Waals surface area contributed by atoms with Crippen LogP contribution in [0.5, 0.6) is 0 Å². The van der Waals surface area contributed by atoms with Crippen LogP contribution >= 0.6 is 0 Å². The summed E-state index contributed by atoms with van der Waals surface area (Å²) in [5, 5.41) is 0. The molecular weight excluding hydrogens is 708 g/mol. The molecule has 0 aliphatic carbocycles. The van der Waals surface area contributed by atoms with Crippen LogP contribution in [0.3, 0.4) is 0 Å². The number of rotatable bonds is 2. The van der Waals surface area contributed by atoms with Crippen LogP contribution in [0.2, 0.25) is 0 Å². The monoisotopic (exact) mass is 762 g/mol. The van der Waals surface area contributed by atoms with Crippen molar-refractivity contribution in [3.05, 3.63) is 69.3 Å². The minimum absolute atomic E-state index is 0.0321. The van der Waals surface area contributed by atoms with Gasteiger partial charge in [-0.3, -0.25) is 9.80 Å². The normalized spacial score (nSPS) is 25.4. The lowest BCUT2D eigenvalue weighted by Gasteiger charge is -2.46. The maximum absolute atomic E-state index is 12.4. The number of carbonyl (C=O) groups is 4. The molecule has 0 bridgehead atoms. The third kappa shape index (κ3) is 8.77. The van der Waals surface area contributed by atoms with Crippen molar-refractivity contribution in [3.63, 3.8) is 0 Å². The smallest absolute Gasteiger partial charge is 0.410 e. The highest BCUT2D eigenvalue weighted by Crippen LogP contribution is 2.34. The van der Waals surface area contributed by atoms with E-state index in [0.717, 1.165) is 54.0 Å². The van der Waals surface area contributed by atoms with Crippen LogP contribution in [-0.2, 0) is 41.6 Å². The molecule has 14 nitrogen and oxygen atoms in total. The Balaban J connectivity index is 0.000000169. The van der Waals surface area contributed by atoms with Gasteiger partial charge in [-0.1, -0.05) is 12.1 Å². The van der Waals surface area contributed by atoms with E-state index >= 15 is 0 Å². The molecule has 8 rings (SSSR count). The van der Waals surface area contributed by atoms with E-state index in [0.29, 0.717) is 63.7 Å². The van der Waals surface area contributed by atoms with Crippen molar-refractivity contribution >= 4 is 24.1 Å². The quantitative estimate of drug-likeness (QED) is 0.301. The molecule has 2 aromatic rings. The third-order valence-electron chi connectivity index (χ3n) is 10.9. The van der Waals surface area contributed by atoms with Gasteiger partial charge >= 0.3 is 24.1 Å². The molecule has 0 aromatic heterocycles. The summed E-state index contributed by atoms with van der Waals surface area (Å²) in [6, 6.07) is 10.00. The number of carbonyl (C=O) groups excluding carboxylic acids is 4. The SMILES string of the molecule is CC(C)(C)OC(=O)N1CCN2C[C@@H](c3ccc4c(c3)COC4=O)OC[C@H]2C1.Cc1c([C@H]2CN3CCN(C(=O)OC(C)(C)C)C[C@@H]3CO2)ccc2c1COC2=O. The summed E-state index contributed by atoms with van der Waals surface area (Å²) in [5.74, 6) is -0.494. The van der Waals surface area contributed by atoms with Gasteiger partial charge in [0.05, 0.1) is 48.6 Å². The van der Waals surface area contributed by atoms with E-state index in [4.69, 9.17) is 28.4 Å². The van der Waals surface area contributed by atoms with Gasteiger partial charge in [0, 0.05) is 63.5 Å². The first-order chi connectivity index (χ1) is 26.0. The fourth-order valence-electron chi connectivity index (χ4n) is 8.01. The lowest BCUT2D eigenvalue weighted by atomic mass is 9.94. The number of ether oxygens (including phenoxy) is 6. The van der Waals surface area contributed by atoms with Crippen molar-refractivity contribution < 1.29 is 47.6 Å². The first kappa shape index (κ1) is 39.0. The van der Waals surface area contributed by atoms with Crippen LogP contribution in [0, 0.1) is 6.92 Å². The van der Waals surface area contributed by atoms with Crippen LogP contribution in [0.15, 0.2) is 30.3 Å². The van der Waals surface area contributed by atoms with Crippen LogP contribution in [0.4, 0.5) is 9.59 Å². The molecule has 2 aromatic carbocycles. The van der Waals surface area contributed by atoms with E-state index in [9.17, 15) is 19.2 Å². The fraction of sp³-hybridized carbons (Fsp3) is 0.610. The highest BCUT2D eigenvalue weighted by atomic mass is 16.6. The molecular formula is C41H54N4O10. The van der Waals surface area contributed by atoms with Gasteiger partial charge in [0.25, 0.3) is 0 Å². The summed E-state index contributed by atoms with van der Waals surface area (Å²) in [4.78, 5) is 56.4. The summed E-state index contributed by atoms with van der Waals surface area (Å²) in [6.45, 7) is 20.8. The minimum Gasteiger partial charge on any atom is -0.457 e. The molecule has 0 saturated carbocycles. The Labute approximate surface area is 322 Å². The summed E-state index contributed by atoms with van der Waals surface area (Å²) in [7, 11) is 0. The van der Waals surface area contributed by atoms with E-state index in [-0.39, 0.29) is 48.4 Å². The molecule has 4 saturated heterocycles. The molecule has 4 atom stereocenters. The molecule has 6 aliphatic heterocycles. The van der Waals surface area contributed by atoms with Crippen molar-refractivity contribution in [2.24, 2.45) is 0 Å². The molecule has 0 spiro atoms. The average molecular weight is 763 g/mol. The molecule has 0 N–H and O–H groups in total. The second kappa shape index (κ2) is 15.4. The lowest BCUT2D eigenvalue weighted by molar-refractivity contribution is -0.0909. The second-order valence-electron chi connectivity index (χ2n) is 17.2. The van der Waals surface area contributed by atoms with Crippen molar-refractivity contribution in [1.82, 2.24) is 19.6 Å².